The fourth-order valence-electron chi connectivity index (χ4n) is 1.92. The normalized spacial score (nSPS) is 9.91. The maximum Gasteiger partial charge on any atom is 0.319 e. The number of rotatable bonds is 5. The van der Waals surface area contributed by atoms with Crippen LogP contribution in [0.3, 0.4) is 0 Å². The summed E-state index contributed by atoms with van der Waals surface area (Å²) in [6.45, 7) is 1.89. The van der Waals surface area contributed by atoms with Gasteiger partial charge in [-0.15, -0.1) is 0 Å². The average Bonchev–Trinajstić information content (AvgIpc) is 2.53. The maximum absolute atomic E-state index is 11.9. The average molecular weight is 298 g/mol. The Morgan fingerprint density at radius 3 is 2.45 bits per heavy atom. The molecule has 5 heteroatoms. The van der Waals surface area contributed by atoms with E-state index >= 15 is 0 Å². The van der Waals surface area contributed by atoms with E-state index in [4.69, 9.17) is 4.74 Å². The van der Waals surface area contributed by atoms with Crippen molar-refractivity contribution in [2.45, 2.75) is 13.5 Å². The number of hydrogen-bond acceptors (Lipinski definition) is 3. The summed E-state index contributed by atoms with van der Waals surface area (Å²) in [6.07, 6.45) is 0. The molecule has 0 aliphatic rings. The van der Waals surface area contributed by atoms with Crippen LogP contribution in [0.15, 0.2) is 48.5 Å². The maximum atomic E-state index is 11.9. The van der Waals surface area contributed by atoms with Gasteiger partial charge in [0.2, 0.25) is 0 Å². The molecular formula is C17H18N2O3. The quantitative estimate of drug-likeness (QED) is 0.833. The lowest BCUT2D eigenvalue weighted by Gasteiger charge is -2.09. The third-order valence-corrected chi connectivity index (χ3v) is 3.14. The highest BCUT2D eigenvalue weighted by Crippen LogP contribution is 2.12. The Kier molecular flexibility index (Phi) is 5.14. The molecule has 0 unspecified atom stereocenters. The smallest absolute Gasteiger partial charge is 0.319 e. The van der Waals surface area contributed by atoms with Crippen molar-refractivity contribution in [3.05, 3.63) is 59.7 Å². The van der Waals surface area contributed by atoms with Gasteiger partial charge in [-0.1, -0.05) is 24.3 Å². The molecule has 114 valence electrons. The van der Waals surface area contributed by atoms with Crippen molar-refractivity contribution in [2.75, 3.05) is 12.4 Å². The molecule has 2 amide bonds. The van der Waals surface area contributed by atoms with Crippen molar-refractivity contribution in [1.29, 1.82) is 0 Å². The van der Waals surface area contributed by atoms with Crippen molar-refractivity contribution in [2.24, 2.45) is 0 Å². The first-order valence-corrected chi connectivity index (χ1v) is 6.87. The Labute approximate surface area is 129 Å². The Balaban J connectivity index is 1.89. The minimum absolute atomic E-state index is 0.0395. The number of amides is 2. The van der Waals surface area contributed by atoms with Gasteiger partial charge < -0.3 is 15.4 Å². The molecule has 0 saturated heterocycles. The van der Waals surface area contributed by atoms with Crippen LogP contribution in [0.4, 0.5) is 10.5 Å². The molecule has 0 atom stereocenters. The third kappa shape index (κ3) is 4.34. The van der Waals surface area contributed by atoms with Gasteiger partial charge in [0, 0.05) is 17.8 Å². The number of carbonyl (C=O) groups is 2. The van der Waals surface area contributed by atoms with E-state index in [0.29, 0.717) is 17.8 Å². The summed E-state index contributed by atoms with van der Waals surface area (Å²) in [5.74, 6) is 0.733. The molecule has 0 aliphatic heterocycles. The van der Waals surface area contributed by atoms with E-state index < -0.39 is 0 Å². The van der Waals surface area contributed by atoms with Crippen LogP contribution in [-0.2, 0) is 6.54 Å². The number of benzene rings is 2. The Morgan fingerprint density at radius 1 is 1.09 bits per heavy atom. The summed E-state index contributed by atoms with van der Waals surface area (Å²) >= 11 is 0. The van der Waals surface area contributed by atoms with Crippen LogP contribution in [-0.4, -0.2) is 18.9 Å². The Bertz CT molecular complexity index is 666. The molecule has 0 bridgehead atoms. The van der Waals surface area contributed by atoms with Crippen LogP contribution in [0.2, 0.25) is 0 Å². The van der Waals surface area contributed by atoms with Crippen LogP contribution in [0.25, 0.3) is 0 Å². The molecule has 0 fully saturated rings. The van der Waals surface area contributed by atoms with Gasteiger partial charge >= 0.3 is 6.03 Å². The first-order chi connectivity index (χ1) is 10.6. The van der Waals surface area contributed by atoms with E-state index in [-0.39, 0.29) is 11.8 Å². The summed E-state index contributed by atoms with van der Waals surface area (Å²) in [5, 5.41) is 5.46. The summed E-state index contributed by atoms with van der Waals surface area (Å²) in [7, 11) is 1.61. The van der Waals surface area contributed by atoms with Crippen LogP contribution < -0.4 is 15.4 Å². The van der Waals surface area contributed by atoms with Gasteiger partial charge in [-0.3, -0.25) is 4.79 Å². The largest absolute Gasteiger partial charge is 0.497 e. The van der Waals surface area contributed by atoms with Crippen LogP contribution in [0.5, 0.6) is 5.75 Å². The monoisotopic (exact) mass is 298 g/mol. The van der Waals surface area contributed by atoms with Crippen molar-refractivity contribution >= 4 is 17.5 Å². The van der Waals surface area contributed by atoms with E-state index in [1.165, 1.54) is 6.92 Å². The molecular weight excluding hydrogens is 280 g/mol. The SMILES string of the molecule is COc1ccc(CNC(=O)Nc2cccc(C(C)=O)c2)cc1. The predicted octanol–water partition coefficient (Wildman–Crippen LogP) is 3.22. The van der Waals surface area contributed by atoms with E-state index in [1.807, 2.05) is 24.3 Å². The zero-order valence-corrected chi connectivity index (χ0v) is 12.6. The minimum atomic E-state index is -0.323. The summed E-state index contributed by atoms with van der Waals surface area (Å²) in [6, 6.07) is 13.9. The molecule has 22 heavy (non-hydrogen) atoms. The Hall–Kier alpha value is -2.82. The van der Waals surface area contributed by atoms with E-state index in [9.17, 15) is 9.59 Å². The van der Waals surface area contributed by atoms with E-state index in [2.05, 4.69) is 10.6 Å². The summed E-state index contributed by atoms with van der Waals surface area (Å²) in [5.41, 5.74) is 2.11. The summed E-state index contributed by atoms with van der Waals surface area (Å²) in [4.78, 5) is 23.2. The number of ketones is 1. The zero-order chi connectivity index (χ0) is 15.9. The summed E-state index contributed by atoms with van der Waals surface area (Å²) < 4.78 is 5.08. The topological polar surface area (TPSA) is 67.4 Å². The van der Waals surface area contributed by atoms with Crippen molar-refractivity contribution in [1.82, 2.24) is 5.32 Å². The number of nitrogens with one attached hydrogen (secondary N) is 2. The van der Waals surface area contributed by atoms with E-state index in [0.717, 1.165) is 11.3 Å². The third-order valence-electron chi connectivity index (χ3n) is 3.14. The van der Waals surface area contributed by atoms with Gasteiger partial charge in [0.15, 0.2) is 5.78 Å². The zero-order valence-electron chi connectivity index (χ0n) is 12.6. The number of ether oxygens (including phenoxy) is 1. The second-order valence-electron chi connectivity index (χ2n) is 4.79. The first kappa shape index (κ1) is 15.6. The van der Waals surface area contributed by atoms with Gasteiger partial charge in [0.05, 0.1) is 7.11 Å². The van der Waals surface area contributed by atoms with Crippen LogP contribution >= 0.6 is 0 Å². The number of urea groups is 1. The highest BCUT2D eigenvalue weighted by Gasteiger charge is 2.04. The first-order valence-electron chi connectivity index (χ1n) is 6.87. The second-order valence-corrected chi connectivity index (χ2v) is 4.79. The van der Waals surface area contributed by atoms with Crippen LogP contribution in [0, 0.1) is 0 Å². The van der Waals surface area contributed by atoms with Crippen molar-refractivity contribution in [3.63, 3.8) is 0 Å². The van der Waals surface area contributed by atoms with E-state index in [1.54, 1.807) is 31.4 Å². The second kappa shape index (κ2) is 7.26. The lowest BCUT2D eigenvalue weighted by molar-refractivity contribution is 0.101. The molecule has 2 rings (SSSR count). The number of Topliss-reactive ketones (excluding diaryl/α,β-unsaturated/α-hetero) is 1. The molecule has 2 aromatic carbocycles. The van der Waals surface area contributed by atoms with Gasteiger partial charge in [-0.2, -0.15) is 0 Å². The van der Waals surface area contributed by atoms with Gasteiger partial charge in [-0.25, -0.2) is 4.79 Å². The molecule has 0 spiro atoms. The fraction of sp³-hybridized carbons (Fsp3) is 0.176. The Morgan fingerprint density at radius 2 is 1.82 bits per heavy atom. The molecule has 0 saturated carbocycles. The number of anilines is 1. The van der Waals surface area contributed by atoms with Crippen molar-refractivity contribution < 1.29 is 14.3 Å². The van der Waals surface area contributed by atoms with Gasteiger partial charge in [-0.05, 0) is 36.8 Å². The lowest BCUT2D eigenvalue weighted by Crippen LogP contribution is -2.28. The molecule has 0 aromatic heterocycles. The highest BCUT2D eigenvalue weighted by molar-refractivity contribution is 5.96. The molecule has 2 N–H and O–H groups in total. The number of carbonyl (C=O) groups excluding carboxylic acids is 2. The van der Waals surface area contributed by atoms with Gasteiger partial charge in [0.1, 0.15) is 5.75 Å². The van der Waals surface area contributed by atoms with Gasteiger partial charge in [0.25, 0.3) is 0 Å². The molecule has 5 nitrogen and oxygen atoms in total. The number of hydrogen-bond donors (Lipinski definition) is 2. The lowest BCUT2D eigenvalue weighted by atomic mass is 10.1. The molecule has 0 aliphatic carbocycles. The number of methoxy groups -OCH3 is 1. The predicted molar refractivity (Wildman–Crippen MR) is 85.3 cm³/mol. The fourth-order valence-corrected chi connectivity index (χ4v) is 1.92. The van der Waals surface area contributed by atoms with Crippen LogP contribution in [0.1, 0.15) is 22.8 Å². The van der Waals surface area contributed by atoms with Crippen molar-refractivity contribution in [3.8, 4) is 5.75 Å². The molecule has 2 aromatic rings. The molecule has 0 heterocycles. The standard InChI is InChI=1S/C17H18N2O3/c1-12(20)14-4-3-5-15(10-14)19-17(21)18-11-13-6-8-16(22-2)9-7-13/h3-10H,11H2,1-2H3,(H2,18,19,21). The molecule has 0 radical (unpaired) electrons. The minimum Gasteiger partial charge on any atom is -0.497 e. The highest BCUT2D eigenvalue weighted by atomic mass is 16.5.